The van der Waals surface area contributed by atoms with Crippen molar-refractivity contribution in [3.05, 3.63) is 47.3 Å². The van der Waals surface area contributed by atoms with Gasteiger partial charge in [0.05, 0.1) is 0 Å². The highest BCUT2D eigenvalue weighted by Crippen LogP contribution is 2.20. The van der Waals surface area contributed by atoms with Gasteiger partial charge in [-0.05, 0) is 43.2 Å². The molecule has 8 heteroatoms. The molecule has 0 radical (unpaired) electrons. The lowest BCUT2D eigenvalue weighted by Gasteiger charge is -2.08. The summed E-state index contributed by atoms with van der Waals surface area (Å²) in [6, 6.07) is 6.55. The van der Waals surface area contributed by atoms with Crippen LogP contribution in [0, 0.1) is 13.8 Å². The molecule has 0 bridgehead atoms. The highest BCUT2D eigenvalue weighted by molar-refractivity contribution is 7.92. The first-order chi connectivity index (χ1) is 10.2. The Hall–Kier alpha value is -2.32. The quantitative estimate of drug-likeness (QED) is 0.444. The molecule has 0 saturated carbocycles. The third kappa shape index (κ3) is 3.12. The van der Waals surface area contributed by atoms with E-state index < -0.39 is 15.9 Å². The fourth-order valence-corrected chi connectivity index (χ4v) is 3.12. The van der Waals surface area contributed by atoms with Crippen molar-refractivity contribution >= 4 is 21.6 Å². The third-order valence-electron chi connectivity index (χ3n) is 3.41. The van der Waals surface area contributed by atoms with Crippen LogP contribution >= 0.6 is 0 Å². The van der Waals surface area contributed by atoms with Crippen LogP contribution in [-0.4, -0.2) is 18.9 Å². The highest BCUT2D eigenvalue weighted by atomic mass is 32.2. The summed E-state index contributed by atoms with van der Waals surface area (Å²) in [6.07, 6.45) is 1.36. The summed E-state index contributed by atoms with van der Waals surface area (Å²) in [7, 11) is -2.21. The topological polar surface area (TPSA) is 106 Å². The molecule has 0 aliphatic heterocycles. The summed E-state index contributed by atoms with van der Waals surface area (Å²) in [6.45, 7) is 3.85. The minimum absolute atomic E-state index is 0.00757. The van der Waals surface area contributed by atoms with Crippen LogP contribution in [0.3, 0.4) is 0 Å². The fraction of sp³-hybridized carbons (Fsp3) is 0.214. The number of anilines is 1. The minimum Gasteiger partial charge on any atom is -0.345 e. The highest BCUT2D eigenvalue weighted by Gasteiger charge is 2.20. The van der Waals surface area contributed by atoms with Crippen molar-refractivity contribution in [3.8, 4) is 0 Å². The predicted octanol–water partition coefficient (Wildman–Crippen LogP) is 1.05. The molecule has 2 rings (SSSR count). The van der Waals surface area contributed by atoms with Crippen LogP contribution in [0.2, 0.25) is 0 Å². The van der Waals surface area contributed by atoms with Crippen LogP contribution in [0.1, 0.15) is 21.6 Å². The lowest BCUT2D eigenvalue weighted by Crippen LogP contribution is -2.31. The van der Waals surface area contributed by atoms with Gasteiger partial charge < -0.3 is 4.57 Å². The van der Waals surface area contributed by atoms with E-state index in [-0.39, 0.29) is 10.6 Å². The lowest BCUT2D eigenvalue weighted by molar-refractivity contribution is 0.0945. The number of aryl methyl sites for hydroxylation is 3. The standard InChI is InChI=1S/C14H18N4O3S/c1-9-4-5-11(6-10(9)2)17-22(20,21)12-7-13(14(19)16-15)18(3)8-12/h4-8,17H,15H2,1-3H3,(H,16,19). The zero-order chi connectivity index (χ0) is 16.5. The molecule has 1 aromatic carbocycles. The molecule has 0 aliphatic carbocycles. The van der Waals surface area contributed by atoms with Gasteiger partial charge in [0.1, 0.15) is 10.6 Å². The van der Waals surface area contributed by atoms with Crippen molar-refractivity contribution in [1.82, 2.24) is 9.99 Å². The normalized spacial score (nSPS) is 11.3. The molecular weight excluding hydrogens is 304 g/mol. The SMILES string of the molecule is Cc1ccc(NS(=O)(=O)c2cc(C(=O)NN)n(C)c2)cc1C. The van der Waals surface area contributed by atoms with Gasteiger partial charge in [0.15, 0.2) is 0 Å². The van der Waals surface area contributed by atoms with E-state index in [1.54, 1.807) is 19.2 Å². The number of nitrogens with zero attached hydrogens (tertiary/aromatic N) is 1. The number of hydrogen-bond donors (Lipinski definition) is 3. The van der Waals surface area contributed by atoms with E-state index in [2.05, 4.69) is 4.72 Å². The zero-order valence-electron chi connectivity index (χ0n) is 12.5. The number of nitrogen functional groups attached to an aromatic ring is 1. The first kappa shape index (κ1) is 16.1. The van der Waals surface area contributed by atoms with Crippen LogP contribution in [0.4, 0.5) is 5.69 Å². The van der Waals surface area contributed by atoms with Crippen molar-refractivity contribution in [3.63, 3.8) is 0 Å². The van der Waals surface area contributed by atoms with Crippen molar-refractivity contribution in [1.29, 1.82) is 0 Å². The van der Waals surface area contributed by atoms with Crippen molar-refractivity contribution in [2.24, 2.45) is 12.9 Å². The molecule has 0 spiro atoms. The van der Waals surface area contributed by atoms with Crippen molar-refractivity contribution in [2.45, 2.75) is 18.7 Å². The second-order valence-electron chi connectivity index (χ2n) is 5.05. The molecule has 2 aromatic rings. The van der Waals surface area contributed by atoms with Gasteiger partial charge in [0.25, 0.3) is 15.9 Å². The largest absolute Gasteiger partial charge is 0.345 e. The maximum absolute atomic E-state index is 12.4. The Labute approximate surface area is 129 Å². The van der Waals surface area contributed by atoms with Gasteiger partial charge in [0, 0.05) is 18.9 Å². The van der Waals surface area contributed by atoms with E-state index in [4.69, 9.17) is 5.84 Å². The van der Waals surface area contributed by atoms with Crippen LogP contribution in [-0.2, 0) is 17.1 Å². The Kier molecular flexibility index (Phi) is 4.25. The molecule has 0 saturated heterocycles. The Morgan fingerprint density at radius 3 is 2.45 bits per heavy atom. The van der Waals surface area contributed by atoms with Gasteiger partial charge in [-0.3, -0.25) is 14.9 Å². The summed E-state index contributed by atoms with van der Waals surface area (Å²) >= 11 is 0. The van der Waals surface area contributed by atoms with Gasteiger partial charge in [-0.2, -0.15) is 0 Å². The Morgan fingerprint density at radius 1 is 1.18 bits per heavy atom. The van der Waals surface area contributed by atoms with E-state index >= 15 is 0 Å². The number of carbonyl (C=O) groups excluding carboxylic acids is 1. The average Bonchev–Trinajstić information content (AvgIpc) is 2.85. The average molecular weight is 322 g/mol. The number of nitrogens with two attached hydrogens (primary N) is 1. The Morgan fingerprint density at radius 2 is 1.86 bits per heavy atom. The summed E-state index contributed by atoms with van der Waals surface area (Å²) < 4.78 is 28.7. The fourth-order valence-electron chi connectivity index (χ4n) is 2.00. The molecule has 0 fully saturated rings. The Balaban J connectivity index is 2.34. The van der Waals surface area contributed by atoms with Gasteiger partial charge in [-0.25, -0.2) is 14.3 Å². The summed E-state index contributed by atoms with van der Waals surface area (Å²) in [5.74, 6) is 4.51. The molecule has 0 unspecified atom stereocenters. The lowest BCUT2D eigenvalue weighted by atomic mass is 10.1. The molecule has 0 atom stereocenters. The molecule has 118 valence electrons. The first-order valence-electron chi connectivity index (χ1n) is 6.52. The maximum atomic E-state index is 12.4. The summed E-state index contributed by atoms with van der Waals surface area (Å²) in [5, 5.41) is 0. The number of rotatable bonds is 4. The second kappa shape index (κ2) is 5.82. The first-order valence-corrected chi connectivity index (χ1v) is 8.00. The van der Waals surface area contributed by atoms with Crippen LogP contribution < -0.4 is 16.0 Å². The maximum Gasteiger partial charge on any atom is 0.281 e. The van der Waals surface area contributed by atoms with E-state index in [0.717, 1.165) is 11.1 Å². The number of aromatic nitrogens is 1. The molecular formula is C14H18N4O3S. The van der Waals surface area contributed by atoms with E-state index in [0.29, 0.717) is 5.69 Å². The summed E-state index contributed by atoms with van der Waals surface area (Å²) in [5.41, 5.74) is 4.66. The van der Waals surface area contributed by atoms with Crippen LogP contribution in [0.25, 0.3) is 0 Å². The Bertz CT molecular complexity index is 825. The molecule has 7 nitrogen and oxygen atoms in total. The van der Waals surface area contributed by atoms with E-state index in [1.807, 2.05) is 25.3 Å². The monoisotopic (exact) mass is 322 g/mol. The molecule has 22 heavy (non-hydrogen) atoms. The number of hydrazine groups is 1. The number of carbonyl (C=O) groups is 1. The van der Waals surface area contributed by atoms with Crippen molar-refractivity contribution < 1.29 is 13.2 Å². The van der Waals surface area contributed by atoms with Crippen molar-refractivity contribution in [2.75, 3.05) is 4.72 Å². The van der Waals surface area contributed by atoms with Gasteiger partial charge in [-0.1, -0.05) is 6.07 Å². The number of hydrogen-bond acceptors (Lipinski definition) is 4. The van der Waals surface area contributed by atoms with Crippen LogP contribution in [0.5, 0.6) is 0 Å². The van der Waals surface area contributed by atoms with Gasteiger partial charge in [0.2, 0.25) is 0 Å². The third-order valence-corrected chi connectivity index (χ3v) is 4.76. The van der Waals surface area contributed by atoms with Crippen LogP contribution in [0.15, 0.2) is 35.4 Å². The zero-order valence-corrected chi connectivity index (χ0v) is 13.4. The molecule has 0 aliphatic rings. The molecule has 4 N–H and O–H groups in total. The second-order valence-corrected chi connectivity index (χ2v) is 6.73. The minimum atomic E-state index is -3.78. The summed E-state index contributed by atoms with van der Waals surface area (Å²) in [4.78, 5) is 11.5. The van der Waals surface area contributed by atoms with E-state index in [1.165, 1.54) is 16.8 Å². The molecule has 1 aromatic heterocycles. The number of amides is 1. The van der Waals surface area contributed by atoms with Gasteiger partial charge in [-0.15, -0.1) is 0 Å². The smallest absolute Gasteiger partial charge is 0.281 e. The number of benzene rings is 1. The number of sulfonamides is 1. The molecule has 1 amide bonds. The van der Waals surface area contributed by atoms with Gasteiger partial charge >= 0.3 is 0 Å². The number of nitrogens with one attached hydrogen (secondary N) is 2. The van der Waals surface area contributed by atoms with E-state index in [9.17, 15) is 13.2 Å². The predicted molar refractivity (Wildman–Crippen MR) is 83.8 cm³/mol. The molecule has 1 heterocycles.